The van der Waals surface area contributed by atoms with Crippen LogP contribution in [0.5, 0.6) is 0 Å². The fourth-order valence-electron chi connectivity index (χ4n) is 1.57. The Morgan fingerprint density at radius 2 is 1.86 bits per heavy atom. The molecule has 0 unspecified atom stereocenters. The van der Waals surface area contributed by atoms with E-state index in [1.807, 2.05) is 0 Å². The Bertz CT molecular complexity index is 737. The van der Waals surface area contributed by atoms with Crippen molar-refractivity contribution < 1.29 is 14.1 Å². The predicted molar refractivity (Wildman–Crippen MR) is 77.5 cm³/mol. The number of hydrogen-bond acceptors (Lipinski definition) is 3. The monoisotopic (exact) mass is 328 g/mol. The minimum Gasteiger partial charge on any atom is -0.322 e. The molecule has 5 nitrogen and oxygen atoms in total. The first-order chi connectivity index (χ1) is 9.88. The molecule has 0 atom stereocenters. The first-order valence-corrected chi connectivity index (χ1v) is 6.34. The fraction of sp³-hybridized carbons (Fsp3) is 0. The van der Waals surface area contributed by atoms with E-state index in [0.717, 1.165) is 12.1 Å². The summed E-state index contributed by atoms with van der Waals surface area (Å²) in [5.41, 5.74) is -0.0583. The molecule has 0 aliphatic rings. The summed E-state index contributed by atoms with van der Waals surface area (Å²) in [4.78, 5) is 22.1. The maximum absolute atomic E-state index is 13.0. The van der Waals surface area contributed by atoms with E-state index in [4.69, 9.17) is 23.2 Å². The molecular weight excluding hydrogens is 322 g/mol. The molecule has 0 aromatic heterocycles. The number of rotatable bonds is 3. The van der Waals surface area contributed by atoms with E-state index in [2.05, 4.69) is 5.32 Å². The number of nitro groups is 1. The number of amides is 1. The van der Waals surface area contributed by atoms with Crippen molar-refractivity contribution in [3.63, 3.8) is 0 Å². The summed E-state index contributed by atoms with van der Waals surface area (Å²) in [7, 11) is 0. The number of halogens is 3. The minimum atomic E-state index is -0.687. The van der Waals surface area contributed by atoms with Crippen LogP contribution in [0.1, 0.15) is 10.4 Å². The highest BCUT2D eigenvalue weighted by Crippen LogP contribution is 2.26. The van der Waals surface area contributed by atoms with Gasteiger partial charge in [-0.3, -0.25) is 14.9 Å². The van der Waals surface area contributed by atoms with E-state index in [-0.39, 0.29) is 27.0 Å². The summed E-state index contributed by atoms with van der Waals surface area (Å²) in [5, 5.41) is 13.0. The minimum absolute atomic E-state index is 0.0477. The summed E-state index contributed by atoms with van der Waals surface area (Å²) < 4.78 is 13.0. The molecule has 21 heavy (non-hydrogen) atoms. The van der Waals surface area contributed by atoms with Crippen molar-refractivity contribution in [3.05, 3.63) is 67.9 Å². The van der Waals surface area contributed by atoms with Gasteiger partial charge in [0.2, 0.25) is 0 Å². The third-order valence-electron chi connectivity index (χ3n) is 2.58. The van der Waals surface area contributed by atoms with Gasteiger partial charge in [0.25, 0.3) is 11.6 Å². The van der Waals surface area contributed by atoms with Crippen molar-refractivity contribution in [2.75, 3.05) is 5.32 Å². The van der Waals surface area contributed by atoms with Crippen molar-refractivity contribution in [1.29, 1.82) is 0 Å². The van der Waals surface area contributed by atoms with Gasteiger partial charge in [0.15, 0.2) is 0 Å². The second kappa shape index (κ2) is 6.07. The average Bonchev–Trinajstić information content (AvgIpc) is 2.43. The second-order valence-corrected chi connectivity index (χ2v) is 4.82. The van der Waals surface area contributed by atoms with Crippen molar-refractivity contribution in [3.8, 4) is 0 Å². The quantitative estimate of drug-likeness (QED) is 0.674. The Morgan fingerprint density at radius 3 is 2.48 bits per heavy atom. The van der Waals surface area contributed by atoms with E-state index in [1.54, 1.807) is 0 Å². The number of nitro benzene ring substituents is 1. The summed E-state index contributed by atoms with van der Waals surface area (Å²) in [6.07, 6.45) is 0. The van der Waals surface area contributed by atoms with E-state index in [0.29, 0.717) is 0 Å². The van der Waals surface area contributed by atoms with Crippen molar-refractivity contribution in [1.82, 2.24) is 0 Å². The van der Waals surface area contributed by atoms with Crippen LogP contribution in [0.2, 0.25) is 10.0 Å². The highest BCUT2D eigenvalue weighted by atomic mass is 35.5. The van der Waals surface area contributed by atoms with Gasteiger partial charge in [-0.2, -0.15) is 0 Å². The van der Waals surface area contributed by atoms with Crippen LogP contribution in [-0.4, -0.2) is 10.8 Å². The molecule has 8 heteroatoms. The van der Waals surface area contributed by atoms with Gasteiger partial charge in [-0.25, -0.2) is 4.39 Å². The Morgan fingerprint density at radius 1 is 1.14 bits per heavy atom. The maximum atomic E-state index is 13.0. The first kappa shape index (κ1) is 15.2. The van der Waals surface area contributed by atoms with Crippen LogP contribution >= 0.6 is 23.2 Å². The highest BCUT2D eigenvalue weighted by Gasteiger charge is 2.16. The number of benzene rings is 2. The number of carbonyl (C=O) groups excluding carboxylic acids is 1. The lowest BCUT2D eigenvalue weighted by Crippen LogP contribution is -2.12. The summed E-state index contributed by atoms with van der Waals surface area (Å²) in [5.74, 6) is -1.21. The molecule has 108 valence electrons. The van der Waals surface area contributed by atoms with E-state index in [9.17, 15) is 19.3 Å². The number of carbonyl (C=O) groups is 1. The molecule has 0 fully saturated rings. The van der Waals surface area contributed by atoms with Gasteiger partial charge in [0.05, 0.1) is 9.95 Å². The average molecular weight is 329 g/mol. The van der Waals surface area contributed by atoms with Crippen LogP contribution in [0.4, 0.5) is 15.8 Å². The highest BCUT2D eigenvalue weighted by molar-refractivity contribution is 6.33. The second-order valence-electron chi connectivity index (χ2n) is 4.01. The predicted octanol–water partition coefficient (Wildman–Crippen LogP) is 4.29. The molecule has 0 saturated heterocycles. The number of anilines is 1. The molecular formula is C13H7Cl2FN2O3. The van der Waals surface area contributed by atoms with Gasteiger partial charge < -0.3 is 5.32 Å². The van der Waals surface area contributed by atoms with Crippen LogP contribution in [0.25, 0.3) is 0 Å². The number of hydrogen-bond donors (Lipinski definition) is 1. The zero-order valence-corrected chi connectivity index (χ0v) is 11.8. The lowest BCUT2D eigenvalue weighted by atomic mass is 10.2. The molecule has 0 aliphatic heterocycles. The number of nitrogens with zero attached hydrogens (tertiary/aromatic N) is 1. The van der Waals surface area contributed by atoms with Crippen molar-refractivity contribution >= 4 is 40.5 Å². The fourth-order valence-corrected chi connectivity index (χ4v) is 1.94. The Hall–Kier alpha value is -2.18. The van der Waals surface area contributed by atoms with Gasteiger partial charge in [-0.15, -0.1) is 0 Å². The van der Waals surface area contributed by atoms with Crippen LogP contribution in [0.3, 0.4) is 0 Å². The summed E-state index contributed by atoms with van der Waals surface area (Å²) >= 11 is 11.3. The molecule has 2 aromatic rings. The molecule has 1 amide bonds. The zero-order valence-electron chi connectivity index (χ0n) is 10.3. The smallest absolute Gasteiger partial charge is 0.288 e. The molecule has 0 aliphatic carbocycles. The topological polar surface area (TPSA) is 72.2 Å². The molecule has 0 bridgehead atoms. The summed E-state index contributed by atoms with van der Waals surface area (Å²) in [6, 6.07) is 7.32. The molecule has 0 radical (unpaired) electrons. The van der Waals surface area contributed by atoms with Crippen molar-refractivity contribution in [2.45, 2.75) is 0 Å². The van der Waals surface area contributed by atoms with E-state index < -0.39 is 16.6 Å². The third kappa shape index (κ3) is 3.48. The number of nitrogens with one attached hydrogen (secondary N) is 1. The van der Waals surface area contributed by atoms with Gasteiger partial charge >= 0.3 is 0 Å². The molecule has 0 spiro atoms. The molecule has 0 heterocycles. The Balaban J connectivity index is 2.26. The van der Waals surface area contributed by atoms with Gasteiger partial charge in [-0.1, -0.05) is 23.2 Å². The lowest BCUT2D eigenvalue weighted by molar-refractivity contribution is -0.384. The molecule has 2 rings (SSSR count). The standard InChI is InChI=1S/C13H7Cl2FN2O3/c14-9-3-1-7(5-12(9)18(20)21)13(19)17-8-2-4-11(16)10(15)6-8/h1-6H,(H,17,19). The van der Waals surface area contributed by atoms with Crippen LogP contribution in [0, 0.1) is 15.9 Å². The van der Waals surface area contributed by atoms with Crippen LogP contribution in [-0.2, 0) is 0 Å². The normalized spacial score (nSPS) is 10.2. The Kier molecular flexibility index (Phi) is 4.40. The van der Waals surface area contributed by atoms with Crippen LogP contribution < -0.4 is 5.32 Å². The van der Waals surface area contributed by atoms with Gasteiger partial charge in [0, 0.05) is 17.3 Å². The molecule has 1 N–H and O–H groups in total. The van der Waals surface area contributed by atoms with Crippen LogP contribution in [0.15, 0.2) is 36.4 Å². The van der Waals surface area contributed by atoms with Crippen molar-refractivity contribution in [2.24, 2.45) is 0 Å². The van der Waals surface area contributed by atoms with Gasteiger partial charge in [-0.05, 0) is 30.3 Å². The zero-order chi connectivity index (χ0) is 15.6. The first-order valence-electron chi connectivity index (χ1n) is 5.59. The van der Waals surface area contributed by atoms with E-state index >= 15 is 0 Å². The van der Waals surface area contributed by atoms with Gasteiger partial charge in [0.1, 0.15) is 10.8 Å². The summed E-state index contributed by atoms with van der Waals surface area (Å²) in [6.45, 7) is 0. The largest absolute Gasteiger partial charge is 0.322 e. The SMILES string of the molecule is O=C(Nc1ccc(F)c(Cl)c1)c1ccc(Cl)c([N+](=O)[O-])c1. The lowest BCUT2D eigenvalue weighted by Gasteiger charge is -2.06. The third-order valence-corrected chi connectivity index (χ3v) is 3.19. The molecule has 2 aromatic carbocycles. The maximum Gasteiger partial charge on any atom is 0.288 e. The molecule has 0 saturated carbocycles. The van der Waals surface area contributed by atoms with E-state index in [1.165, 1.54) is 24.3 Å². The Labute approximate surface area is 128 Å².